The van der Waals surface area contributed by atoms with Gasteiger partial charge in [0.15, 0.2) is 5.96 Å². The van der Waals surface area contributed by atoms with Gasteiger partial charge in [0.25, 0.3) is 0 Å². The van der Waals surface area contributed by atoms with Crippen LogP contribution in [0.15, 0.2) is 35.3 Å². The lowest BCUT2D eigenvalue weighted by Gasteiger charge is -2.34. The molecule has 5 nitrogen and oxygen atoms in total. The molecule has 0 radical (unpaired) electrons. The van der Waals surface area contributed by atoms with Crippen molar-refractivity contribution in [2.45, 2.75) is 45.4 Å². The second-order valence-electron chi connectivity index (χ2n) is 6.89. The molecule has 27 heavy (non-hydrogen) atoms. The molecular weight excluding hydrogens is 453 g/mol. The Morgan fingerprint density at radius 2 is 1.93 bits per heavy atom. The zero-order valence-electron chi connectivity index (χ0n) is 16.7. The van der Waals surface area contributed by atoms with E-state index in [4.69, 9.17) is 4.99 Å². The van der Waals surface area contributed by atoms with Gasteiger partial charge in [0.1, 0.15) is 0 Å². The third-order valence-corrected chi connectivity index (χ3v) is 4.89. The molecule has 1 aromatic carbocycles. The summed E-state index contributed by atoms with van der Waals surface area (Å²) >= 11 is 0. The van der Waals surface area contributed by atoms with Gasteiger partial charge in [-0.3, -0.25) is 9.79 Å². The molecule has 0 amide bonds. The maximum Gasteiger partial charge on any atom is 0.305 e. The number of aliphatic imine (C=N–C) groups is 1. The lowest BCUT2D eigenvalue weighted by atomic mass is 9.90. The Morgan fingerprint density at radius 3 is 2.56 bits per heavy atom. The van der Waals surface area contributed by atoms with Crippen molar-refractivity contribution in [1.82, 2.24) is 10.2 Å². The van der Waals surface area contributed by atoms with E-state index >= 15 is 0 Å². The Labute approximate surface area is 181 Å². The monoisotopic (exact) mass is 487 g/mol. The van der Waals surface area contributed by atoms with E-state index in [1.165, 1.54) is 31.9 Å². The molecule has 0 unspecified atom stereocenters. The van der Waals surface area contributed by atoms with E-state index in [1.807, 2.05) is 0 Å². The number of guanidine groups is 1. The first kappa shape index (κ1) is 23.7. The number of methoxy groups -OCH3 is 1. The Kier molecular flexibility index (Phi) is 12.1. The number of rotatable bonds is 8. The van der Waals surface area contributed by atoms with E-state index < -0.39 is 0 Å². The van der Waals surface area contributed by atoms with Crippen molar-refractivity contribution in [3.63, 3.8) is 0 Å². The first-order chi connectivity index (χ1) is 12.7. The van der Waals surface area contributed by atoms with Crippen LogP contribution in [0.25, 0.3) is 0 Å². The summed E-state index contributed by atoms with van der Waals surface area (Å²) in [6.07, 6.45) is 5.82. The van der Waals surface area contributed by atoms with Gasteiger partial charge in [-0.2, -0.15) is 0 Å². The standard InChI is InChI=1S/C21H33N3O2.HI/c1-3-22-21(23-14-8-7-11-20(25)26-2)24-15-12-19(13-16-24)17-18-9-5-4-6-10-18;/h4-6,9-10,19H,3,7-8,11-17H2,1-2H3,(H,22,23);1H. The molecule has 0 bridgehead atoms. The summed E-state index contributed by atoms with van der Waals surface area (Å²) in [5.74, 6) is 1.64. The average molecular weight is 487 g/mol. The molecule has 0 aromatic heterocycles. The predicted molar refractivity (Wildman–Crippen MR) is 122 cm³/mol. The molecule has 0 spiro atoms. The molecule has 1 fully saturated rings. The molecule has 1 saturated heterocycles. The van der Waals surface area contributed by atoms with Crippen LogP contribution >= 0.6 is 24.0 Å². The summed E-state index contributed by atoms with van der Waals surface area (Å²) in [6, 6.07) is 10.8. The third-order valence-electron chi connectivity index (χ3n) is 4.89. The maximum absolute atomic E-state index is 11.1. The van der Waals surface area contributed by atoms with Gasteiger partial charge < -0.3 is 15.0 Å². The number of halogens is 1. The molecule has 1 aliphatic heterocycles. The minimum atomic E-state index is -0.138. The number of ether oxygens (including phenoxy) is 1. The summed E-state index contributed by atoms with van der Waals surface area (Å²) in [5.41, 5.74) is 1.44. The van der Waals surface area contributed by atoms with Crippen molar-refractivity contribution < 1.29 is 9.53 Å². The van der Waals surface area contributed by atoms with Crippen molar-refractivity contribution in [3.05, 3.63) is 35.9 Å². The summed E-state index contributed by atoms with van der Waals surface area (Å²) < 4.78 is 4.67. The van der Waals surface area contributed by atoms with Gasteiger partial charge in [-0.1, -0.05) is 30.3 Å². The highest BCUT2D eigenvalue weighted by atomic mass is 127. The predicted octanol–water partition coefficient (Wildman–Crippen LogP) is 3.87. The number of benzene rings is 1. The van der Waals surface area contributed by atoms with Crippen molar-refractivity contribution in [3.8, 4) is 0 Å². The van der Waals surface area contributed by atoms with Crippen molar-refractivity contribution >= 4 is 35.9 Å². The molecule has 1 aromatic rings. The highest BCUT2D eigenvalue weighted by Gasteiger charge is 2.21. The minimum Gasteiger partial charge on any atom is -0.469 e. The van der Waals surface area contributed by atoms with E-state index in [0.717, 1.165) is 50.9 Å². The normalized spacial score (nSPS) is 15.2. The molecule has 152 valence electrons. The van der Waals surface area contributed by atoms with E-state index in [9.17, 15) is 4.79 Å². The smallest absolute Gasteiger partial charge is 0.305 e. The fourth-order valence-electron chi connectivity index (χ4n) is 3.39. The Morgan fingerprint density at radius 1 is 1.22 bits per heavy atom. The minimum absolute atomic E-state index is 0. The van der Waals surface area contributed by atoms with Gasteiger partial charge in [-0.25, -0.2) is 0 Å². The molecule has 0 saturated carbocycles. The number of esters is 1. The maximum atomic E-state index is 11.1. The lowest BCUT2D eigenvalue weighted by molar-refractivity contribution is -0.140. The van der Waals surface area contributed by atoms with Crippen LogP contribution in [0.1, 0.15) is 44.6 Å². The first-order valence-electron chi connectivity index (χ1n) is 9.87. The Bertz CT molecular complexity index is 558. The Hall–Kier alpha value is -1.31. The van der Waals surface area contributed by atoms with Crippen LogP contribution in [-0.4, -0.2) is 50.1 Å². The number of nitrogens with one attached hydrogen (secondary N) is 1. The second kappa shape index (κ2) is 13.8. The molecule has 0 atom stereocenters. The topological polar surface area (TPSA) is 53.9 Å². The first-order valence-corrected chi connectivity index (χ1v) is 9.87. The highest BCUT2D eigenvalue weighted by Crippen LogP contribution is 2.21. The number of unbranched alkanes of at least 4 members (excludes halogenated alkanes) is 1. The van der Waals surface area contributed by atoms with E-state index in [-0.39, 0.29) is 29.9 Å². The molecule has 1 heterocycles. The lowest BCUT2D eigenvalue weighted by Crippen LogP contribution is -2.46. The number of piperidine rings is 1. The molecule has 1 N–H and O–H groups in total. The number of nitrogens with zero attached hydrogens (tertiary/aromatic N) is 2. The average Bonchev–Trinajstić information content (AvgIpc) is 2.68. The van der Waals surface area contributed by atoms with Crippen LogP contribution in [0.3, 0.4) is 0 Å². The van der Waals surface area contributed by atoms with Crippen LogP contribution in [0, 0.1) is 5.92 Å². The summed E-state index contributed by atoms with van der Waals surface area (Å²) in [6.45, 7) is 5.86. The largest absolute Gasteiger partial charge is 0.469 e. The van der Waals surface area contributed by atoms with Crippen molar-refractivity contribution in [2.75, 3.05) is 33.3 Å². The van der Waals surface area contributed by atoms with Gasteiger partial charge in [0.05, 0.1) is 7.11 Å². The van der Waals surface area contributed by atoms with Gasteiger partial charge >= 0.3 is 5.97 Å². The molecule has 1 aliphatic rings. The van der Waals surface area contributed by atoms with Crippen molar-refractivity contribution in [1.29, 1.82) is 0 Å². The number of likely N-dealkylation sites (tertiary alicyclic amines) is 1. The molecule has 0 aliphatic carbocycles. The van der Waals surface area contributed by atoms with Crippen molar-refractivity contribution in [2.24, 2.45) is 10.9 Å². The SMILES string of the molecule is CCNC(=NCCCCC(=O)OC)N1CCC(Cc2ccccc2)CC1.I. The number of hydrogen-bond acceptors (Lipinski definition) is 3. The number of carbonyl (C=O) groups is 1. The number of hydrogen-bond donors (Lipinski definition) is 1. The van der Waals surface area contributed by atoms with Gasteiger partial charge in [0.2, 0.25) is 0 Å². The third kappa shape index (κ3) is 8.95. The summed E-state index contributed by atoms with van der Waals surface area (Å²) in [5, 5.41) is 3.41. The highest BCUT2D eigenvalue weighted by molar-refractivity contribution is 14.0. The molecule has 2 rings (SSSR count). The van der Waals surface area contributed by atoms with Crippen LogP contribution in [0.2, 0.25) is 0 Å². The van der Waals surface area contributed by atoms with Gasteiger partial charge in [-0.05, 0) is 50.5 Å². The zero-order chi connectivity index (χ0) is 18.6. The Balaban J connectivity index is 0.00000364. The van der Waals surface area contributed by atoms with E-state index in [1.54, 1.807) is 0 Å². The van der Waals surface area contributed by atoms with E-state index in [2.05, 4.69) is 52.2 Å². The van der Waals surface area contributed by atoms with Crippen LogP contribution in [0.5, 0.6) is 0 Å². The molecular formula is C21H34IN3O2. The molecule has 6 heteroatoms. The quantitative estimate of drug-likeness (QED) is 0.199. The number of carbonyl (C=O) groups excluding carboxylic acids is 1. The van der Waals surface area contributed by atoms with Gasteiger partial charge in [0, 0.05) is 32.6 Å². The fraction of sp³-hybridized carbons (Fsp3) is 0.619. The van der Waals surface area contributed by atoms with Crippen LogP contribution in [-0.2, 0) is 16.0 Å². The summed E-state index contributed by atoms with van der Waals surface area (Å²) in [4.78, 5) is 18.3. The summed E-state index contributed by atoms with van der Waals surface area (Å²) in [7, 11) is 1.44. The zero-order valence-corrected chi connectivity index (χ0v) is 19.0. The fourth-order valence-corrected chi connectivity index (χ4v) is 3.39. The van der Waals surface area contributed by atoms with Gasteiger partial charge in [-0.15, -0.1) is 24.0 Å². The van der Waals surface area contributed by atoms with Crippen LogP contribution < -0.4 is 5.32 Å². The van der Waals surface area contributed by atoms with Crippen LogP contribution in [0.4, 0.5) is 0 Å². The second-order valence-corrected chi connectivity index (χ2v) is 6.89. The van der Waals surface area contributed by atoms with E-state index in [0.29, 0.717) is 6.42 Å².